The molecule has 0 aromatic heterocycles. The minimum Gasteiger partial charge on any atom is -0.507 e. The Morgan fingerprint density at radius 3 is 2.30 bits per heavy atom. The fourth-order valence-corrected chi connectivity index (χ4v) is 3.89. The molecule has 30 heavy (non-hydrogen) atoms. The van der Waals surface area contributed by atoms with Crippen molar-refractivity contribution in [1.29, 1.82) is 0 Å². The number of amides is 1. The van der Waals surface area contributed by atoms with Gasteiger partial charge in [-0.15, -0.1) is 0 Å². The Morgan fingerprint density at radius 2 is 1.60 bits per heavy atom. The van der Waals surface area contributed by atoms with Crippen LogP contribution >= 0.6 is 0 Å². The number of carbonyl (C=O) groups is 2. The van der Waals surface area contributed by atoms with Crippen LogP contribution in [0, 0.1) is 0 Å². The van der Waals surface area contributed by atoms with Crippen molar-refractivity contribution in [2.24, 2.45) is 0 Å². The summed E-state index contributed by atoms with van der Waals surface area (Å²) in [5, 5.41) is 13.2. The Kier molecular flexibility index (Phi) is 5.38. The van der Waals surface area contributed by atoms with Crippen molar-refractivity contribution < 1.29 is 14.7 Å². The van der Waals surface area contributed by atoms with E-state index < -0.39 is 17.7 Å². The smallest absolute Gasteiger partial charge is 0.295 e. The molecule has 4 rings (SSSR count). The molecule has 0 saturated carbocycles. The quantitative estimate of drug-likeness (QED) is 0.402. The van der Waals surface area contributed by atoms with E-state index in [9.17, 15) is 14.7 Å². The Hall–Kier alpha value is -3.44. The molecule has 152 valence electrons. The summed E-state index contributed by atoms with van der Waals surface area (Å²) in [5.74, 6) is -1.36. The van der Waals surface area contributed by atoms with Crippen LogP contribution < -0.4 is 0 Å². The van der Waals surface area contributed by atoms with E-state index in [0.717, 1.165) is 16.3 Å². The molecule has 0 spiro atoms. The Labute approximate surface area is 175 Å². The molecule has 5 heteroatoms. The highest BCUT2D eigenvalue weighted by Crippen LogP contribution is 2.39. The Morgan fingerprint density at radius 1 is 0.933 bits per heavy atom. The summed E-state index contributed by atoms with van der Waals surface area (Å²) in [7, 11) is 3.84. The van der Waals surface area contributed by atoms with Crippen molar-refractivity contribution in [1.82, 2.24) is 9.80 Å². The molecule has 1 atom stereocenters. The van der Waals surface area contributed by atoms with Crippen LogP contribution in [-0.2, 0) is 9.59 Å². The molecular weight excluding hydrogens is 376 g/mol. The number of hydrogen-bond donors (Lipinski definition) is 1. The van der Waals surface area contributed by atoms with E-state index in [0.29, 0.717) is 18.7 Å². The number of likely N-dealkylation sites (tertiary alicyclic amines) is 1. The molecule has 0 radical (unpaired) electrons. The molecule has 1 unspecified atom stereocenters. The van der Waals surface area contributed by atoms with Gasteiger partial charge in [-0.2, -0.15) is 0 Å². The normalized spacial score (nSPS) is 18.5. The van der Waals surface area contributed by atoms with E-state index in [4.69, 9.17) is 0 Å². The number of ketones is 1. The number of benzene rings is 3. The fraction of sp³-hybridized carbons (Fsp3) is 0.200. The van der Waals surface area contributed by atoms with E-state index in [-0.39, 0.29) is 11.3 Å². The van der Waals surface area contributed by atoms with Gasteiger partial charge in [0, 0.05) is 18.7 Å². The maximum atomic E-state index is 13.0. The third-order valence-corrected chi connectivity index (χ3v) is 5.47. The molecule has 0 bridgehead atoms. The molecule has 3 aromatic rings. The molecule has 1 heterocycles. The van der Waals surface area contributed by atoms with E-state index in [1.54, 1.807) is 11.0 Å². The third-order valence-electron chi connectivity index (χ3n) is 5.47. The minimum absolute atomic E-state index is 0.139. The van der Waals surface area contributed by atoms with Crippen LogP contribution in [0.25, 0.3) is 16.5 Å². The van der Waals surface area contributed by atoms with Crippen molar-refractivity contribution in [2.75, 3.05) is 27.2 Å². The molecule has 5 nitrogen and oxygen atoms in total. The van der Waals surface area contributed by atoms with Crippen molar-refractivity contribution in [2.45, 2.75) is 6.04 Å². The number of aliphatic hydroxyl groups is 1. The lowest BCUT2D eigenvalue weighted by atomic mass is 9.94. The van der Waals surface area contributed by atoms with Crippen LogP contribution in [0.1, 0.15) is 17.2 Å². The number of Topliss-reactive ketones (excluding diaryl/α,β-unsaturated/α-hetero) is 1. The van der Waals surface area contributed by atoms with Gasteiger partial charge in [0.25, 0.3) is 11.7 Å². The third kappa shape index (κ3) is 3.60. The first kappa shape index (κ1) is 19.9. The zero-order chi connectivity index (χ0) is 21.3. The zero-order valence-electron chi connectivity index (χ0n) is 17.1. The Balaban J connectivity index is 1.85. The average molecular weight is 400 g/mol. The first-order chi connectivity index (χ1) is 14.5. The highest BCUT2D eigenvalue weighted by molar-refractivity contribution is 6.46. The molecular formula is C25H24N2O3. The van der Waals surface area contributed by atoms with Crippen LogP contribution in [0.5, 0.6) is 0 Å². The van der Waals surface area contributed by atoms with Gasteiger partial charge >= 0.3 is 0 Å². The summed E-state index contributed by atoms with van der Waals surface area (Å²) in [6, 6.07) is 22.1. The number of hydrogen-bond acceptors (Lipinski definition) is 4. The number of nitrogens with zero attached hydrogens (tertiary/aromatic N) is 2. The first-order valence-electron chi connectivity index (χ1n) is 9.94. The van der Waals surface area contributed by atoms with E-state index in [2.05, 4.69) is 0 Å². The van der Waals surface area contributed by atoms with Gasteiger partial charge in [0.15, 0.2) is 0 Å². The minimum atomic E-state index is -0.645. The number of likely N-dealkylation sites (N-methyl/N-ethyl adjacent to an activating group) is 1. The summed E-state index contributed by atoms with van der Waals surface area (Å²) in [4.78, 5) is 29.4. The van der Waals surface area contributed by atoms with Gasteiger partial charge < -0.3 is 14.9 Å². The predicted octanol–water partition coefficient (Wildman–Crippen LogP) is 3.82. The summed E-state index contributed by atoms with van der Waals surface area (Å²) in [6.45, 7) is 1.01. The van der Waals surface area contributed by atoms with Crippen molar-refractivity contribution in [3.63, 3.8) is 0 Å². The fourth-order valence-electron chi connectivity index (χ4n) is 3.89. The molecule has 1 aliphatic heterocycles. The highest BCUT2D eigenvalue weighted by Gasteiger charge is 2.45. The van der Waals surface area contributed by atoms with Crippen LogP contribution in [0.15, 0.2) is 78.4 Å². The van der Waals surface area contributed by atoms with Gasteiger partial charge in [-0.25, -0.2) is 0 Å². The van der Waals surface area contributed by atoms with Crippen molar-refractivity contribution in [3.8, 4) is 0 Å². The molecule has 0 aliphatic carbocycles. The Bertz CT molecular complexity index is 1140. The lowest BCUT2D eigenvalue weighted by Gasteiger charge is -2.26. The molecule has 1 N–H and O–H groups in total. The van der Waals surface area contributed by atoms with E-state index >= 15 is 0 Å². The van der Waals surface area contributed by atoms with Crippen LogP contribution in [0.3, 0.4) is 0 Å². The predicted molar refractivity (Wildman–Crippen MR) is 118 cm³/mol. The number of carbonyl (C=O) groups excluding carboxylic acids is 2. The lowest BCUT2D eigenvalue weighted by Crippen LogP contribution is -2.35. The van der Waals surface area contributed by atoms with Gasteiger partial charge in [0.05, 0.1) is 11.6 Å². The van der Waals surface area contributed by atoms with Gasteiger partial charge in [-0.1, -0.05) is 66.7 Å². The SMILES string of the molecule is CN(C)CCN1C(=O)C(=O)/C(=C(\O)c2ccc3ccccc3c2)C1c1ccccc1. The second-order valence-electron chi connectivity index (χ2n) is 7.77. The van der Waals surface area contributed by atoms with Crippen LogP contribution in [0.2, 0.25) is 0 Å². The number of aliphatic hydroxyl groups excluding tert-OH is 1. The monoisotopic (exact) mass is 400 g/mol. The van der Waals surface area contributed by atoms with Gasteiger partial charge in [0.1, 0.15) is 5.76 Å². The average Bonchev–Trinajstić information content (AvgIpc) is 3.02. The van der Waals surface area contributed by atoms with Gasteiger partial charge in [-0.3, -0.25) is 9.59 Å². The summed E-state index contributed by atoms with van der Waals surface area (Å²) in [6.07, 6.45) is 0. The number of fused-ring (bicyclic) bond motifs is 1. The van der Waals surface area contributed by atoms with Crippen LogP contribution in [0.4, 0.5) is 0 Å². The molecule has 1 amide bonds. The summed E-state index contributed by atoms with van der Waals surface area (Å²) >= 11 is 0. The second kappa shape index (κ2) is 8.13. The first-order valence-corrected chi connectivity index (χ1v) is 9.94. The maximum Gasteiger partial charge on any atom is 0.295 e. The molecule has 3 aromatic carbocycles. The second-order valence-corrected chi connectivity index (χ2v) is 7.77. The molecule has 1 saturated heterocycles. The molecule has 1 aliphatic rings. The summed E-state index contributed by atoms with van der Waals surface area (Å²) in [5.41, 5.74) is 1.47. The molecule has 1 fully saturated rings. The van der Waals surface area contributed by atoms with E-state index in [1.807, 2.05) is 85.7 Å². The van der Waals surface area contributed by atoms with Crippen molar-refractivity contribution >= 4 is 28.2 Å². The largest absolute Gasteiger partial charge is 0.507 e. The van der Waals surface area contributed by atoms with Gasteiger partial charge in [-0.05, 0) is 36.5 Å². The van der Waals surface area contributed by atoms with Crippen molar-refractivity contribution in [3.05, 3.63) is 89.5 Å². The van der Waals surface area contributed by atoms with Crippen LogP contribution in [-0.4, -0.2) is 53.8 Å². The zero-order valence-corrected chi connectivity index (χ0v) is 17.1. The van der Waals surface area contributed by atoms with E-state index in [1.165, 1.54) is 0 Å². The summed E-state index contributed by atoms with van der Waals surface area (Å²) < 4.78 is 0. The topological polar surface area (TPSA) is 60.9 Å². The number of rotatable bonds is 5. The highest BCUT2D eigenvalue weighted by atomic mass is 16.3. The standard InChI is InChI=1S/C25H24N2O3/c1-26(2)14-15-27-22(18-9-4-3-5-10-18)21(24(29)25(27)30)23(28)20-13-12-17-8-6-7-11-19(17)16-20/h3-13,16,22,28H,14-15H2,1-2H3/b23-21-. The maximum absolute atomic E-state index is 13.0. The lowest BCUT2D eigenvalue weighted by molar-refractivity contribution is -0.140. The van der Waals surface area contributed by atoms with Gasteiger partial charge in [0.2, 0.25) is 0 Å².